The fourth-order valence-corrected chi connectivity index (χ4v) is 3.90. The molecule has 0 aliphatic rings. The summed E-state index contributed by atoms with van der Waals surface area (Å²) < 4.78 is 0. The van der Waals surface area contributed by atoms with Gasteiger partial charge in [0, 0.05) is 17.8 Å². The van der Waals surface area contributed by atoms with Gasteiger partial charge in [-0.15, -0.1) is 11.3 Å². The average molecular weight is 338 g/mol. The summed E-state index contributed by atoms with van der Waals surface area (Å²) in [6.07, 6.45) is 2.20. The Labute approximate surface area is 146 Å². The van der Waals surface area contributed by atoms with Crippen LogP contribution < -0.4 is 5.32 Å². The molecule has 1 heterocycles. The molecule has 0 bridgehead atoms. The van der Waals surface area contributed by atoms with E-state index in [9.17, 15) is 4.79 Å². The summed E-state index contributed by atoms with van der Waals surface area (Å²) in [5, 5.41) is 6.53. The van der Waals surface area contributed by atoms with Crippen molar-refractivity contribution < 1.29 is 4.79 Å². The number of carbonyl (C=O) groups excluding carboxylic acids is 1. The Hall–Kier alpha value is -2.20. The summed E-state index contributed by atoms with van der Waals surface area (Å²) in [5.74, 6) is 0.0836. The number of thiazole rings is 1. The summed E-state index contributed by atoms with van der Waals surface area (Å²) in [5.41, 5.74) is 2.26. The van der Waals surface area contributed by atoms with Crippen LogP contribution in [0.15, 0.2) is 42.5 Å². The van der Waals surface area contributed by atoms with Gasteiger partial charge >= 0.3 is 0 Å². The van der Waals surface area contributed by atoms with Gasteiger partial charge in [0.2, 0.25) is 5.91 Å². The Bertz CT molecular complexity index is 848. The molecule has 0 saturated carbocycles. The van der Waals surface area contributed by atoms with E-state index in [1.807, 2.05) is 6.92 Å². The number of nitrogens with zero attached hydrogens (tertiary/aromatic N) is 1. The van der Waals surface area contributed by atoms with Gasteiger partial charge in [-0.3, -0.25) is 4.79 Å². The number of hydrogen-bond acceptors (Lipinski definition) is 3. The molecule has 0 atom stereocenters. The molecule has 0 fully saturated rings. The number of nitrogens with one attached hydrogen (secondary N) is 1. The molecule has 0 spiro atoms. The van der Waals surface area contributed by atoms with Crippen LogP contribution in [0.1, 0.15) is 34.5 Å². The minimum Gasteiger partial charge on any atom is -0.356 e. The first-order chi connectivity index (χ1) is 11.7. The van der Waals surface area contributed by atoms with E-state index in [0.717, 1.165) is 35.0 Å². The van der Waals surface area contributed by atoms with Gasteiger partial charge in [0.1, 0.15) is 0 Å². The summed E-state index contributed by atoms with van der Waals surface area (Å²) in [6.45, 7) is 4.78. The largest absolute Gasteiger partial charge is 0.356 e. The zero-order chi connectivity index (χ0) is 16.9. The fraction of sp³-hybridized carbons (Fsp3) is 0.300. The molecule has 3 rings (SSSR count). The first kappa shape index (κ1) is 16.7. The Morgan fingerprint density at radius 1 is 1.17 bits per heavy atom. The molecule has 3 aromatic rings. The van der Waals surface area contributed by atoms with E-state index in [1.54, 1.807) is 11.3 Å². The minimum absolute atomic E-state index is 0.0836. The Morgan fingerprint density at radius 3 is 2.79 bits per heavy atom. The van der Waals surface area contributed by atoms with Crippen molar-refractivity contribution >= 4 is 28.0 Å². The zero-order valence-corrected chi connectivity index (χ0v) is 15.0. The maximum Gasteiger partial charge on any atom is 0.225 e. The van der Waals surface area contributed by atoms with Crippen molar-refractivity contribution in [2.24, 2.45) is 0 Å². The van der Waals surface area contributed by atoms with E-state index in [0.29, 0.717) is 6.42 Å². The van der Waals surface area contributed by atoms with Crippen molar-refractivity contribution in [1.82, 2.24) is 10.3 Å². The summed E-state index contributed by atoms with van der Waals surface area (Å²) in [7, 11) is 0. The monoisotopic (exact) mass is 338 g/mol. The van der Waals surface area contributed by atoms with Crippen LogP contribution in [0.5, 0.6) is 0 Å². The highest BCUT2D eigenvalue weighted by Gasteiger charge is 2.12. The molecule has 1 aromatic heterocycles. The van der Waals surface area contributed by atoms with Gasteiger partial charge < -0.3 is 5.32 Å². The fourth-order valence-electron chi connectivity index (χ4n) is 2.81. The van der Waals surface area contributed by atoms with Gasteiger partial charge in [-0.25, -0.2) is 4.98 Å². The lowest BCUT2D eigenvalue weighted by molar-refractivity contribution is -0.120. The molecule has 1 amide bonds. The van der Waals surface area contributed by atoms with Crippen LogP contribution in [0.4, 0.5) is 0 Å². The third-order valence-corrected chi connectivity index (χ3v) is 5.21. The van der Waals surface area contributed by atoms with Gasteiger partial charge in [0.15, 0.2) is 0 Å². The van der Waals surface area contributed by atoms with Gasteiger partial charge in [0.25, 0.3) is 0 Å². The Balaban J connectivity index is 1.78. The SMILES string of the molecule is CCCNC(=O)Cc1sc(Cc2cccc3ccccc23)nc1C. The summed E-state index contributed by atoms with van der Waals surface area (Å²) in [6, 6.07) is 14.8. The molecule has 0 radical (unpaired) electrons. The van der Waals surface area contributed by atoms with Crippen molar-refractivity contribution in [3.05, 3.63) is 63.6 Å². The maximum atomic E-state index is 11.9. The lowest BCUT2D eigenvalue weighted by Crippen LogP contribution is -2.25. The van der Waals surface area contributed by atoms with Crippen LogP contribution in [0, 0.1) is 6.92 Å². The molecule has 0 saturated heterocycles. The zero-order valence-electron chi connectivity index (χ0n) is 14.1. The van der Waals surface area contributed by atoms with Crippen molar-refractivity contribution in [3.63, 3.8) is 0 Å². The second-order valence-corrected chi connectivity index (χ2v) is 7.13. The standard InChI is InChI=1S/C20H22N2OS/c1-3-11-21-19(23)13-18-14(2)22-20(24-18)12-16-9-6-8-15-7-4-5-10-17(15)16/h4-10H,3,11-13H2,1-2H3,(H,21,23). The second-order valence-electron chi connectivity index (χ2n) is 5.96. The number of aromatic nitrogens is 1. The van der Waals surface area contributed by atoms with E-state index in [-0.39, 0.29) is 5.91 Å². The molecule has 1 N–H and O–H groups in total. The normalized spacial score (nSPS) is 10.9. The molecular weight excluding hydrogens is 316 g/mol. The van der Waals surface area contributed by atoms with E-state index in [1.165, 1.54) is 16.3 Å². The van der Waals surface area contributed by atoms with Crippen molar-refractivity contribution in [3.8, 4) is 0 Å². The number of aryl methyl sites for hydroxylation is 1. The highest BCUT2D eigenvalue weighted by Crippen LogP contribution is 2.25. The van der Waals surface area contributed by atoms with Crippen LogP contribution in [0.3, 0.4) is 0 Å². The average Bonchev–Trinajstić information content (AvgIpc) is 2.92. The first-order valence-electron chi connectivity index (χ1n) is 8.36. The topological polar surface area (TPSA) is 42.0 Å². The van der Waals surface area contributed by atoms with Crippen molar-refractivity contribution in [1.29, 1.82) is 0 Å². The maximum absolute atomic E-state index is 11.9. The Kier molecular flexibility index (Phi) is 5.26. The van der Waals surface area contributed by atoms with Crippen molar-refractivity contribution in [2.45, 2.75) is 33.1 Å². The molecule has 124 valence electrons. The molecule has 3 nitrogen and oxygen atoms in total. The number of hydrogen-bond donors (Lipinski definition) is 1. The number of fused-ring (bicyclic) bond motifs is 1. The van der Waals surface area contributed by atoms with Crippen LogP contribution in [0.2, 0.25) is 0 Å². The smallest absolute Gasteiger partial charge is 0.225 e. The third-order valence-electron chi connectivity index (χ3n) is 4.05. The molecule has 2 aromatic carbocycles. The molecule has 0 unspecified atom stereocenters. The van der Waals surface area contributed by atoms with Gasteiger partial charge in [0.05, 0.1) is 17.1 Å². The van der Waals surface area contributed by atoms with Gasteiger partial charge in [-0.1, -0.05) is 49.4 Å². The van der Waals surface area contributed by atoms with E-state index in [2.05, 4.69) is 59.7 Å². The van der Waals surface area contributed by atoms with Crippen LogP contribution in [-0.2, 0) is 17.6 Å². The number of carbonyl (C=O) groups is 1. The van der Waals surface area contributed by atoms with Crippen LogP contribution in [-0.4, -0.2) is 17.4 Å². The Morgan fingerprint density at radius 2 is 1.96 bits per heavy atom. The van der Waals surface area contributed by atoms with Crippen LogP contribution in [0.25, 0.3) is 10.8 Å². The lowest BCUT2D eigenvalue weighted by atomic mass is 10.0. The molecule has 24 heavy (non-hydrogen) atoms. The first-order valence-corrected chi connectivity index (χ1v) is 9.17. The highest BCUT2D eigenvalue weighted by molar-refractivity contribution is 7.11. The van der Waals surface area contributed by atoms with Gasteiger partial charge in [-0.05, 0) is 29.7 Å². The summed E-state index contributed by atoms with van der Waals surface area (Å²) in [4.78, 5) is 17.7. The molecule has 0 aliphatic heterocycles. The number of benzene rings is 2. The van der Waals surface area contributed by atoms with E-state index in [4.69, 9.17) is 0 Å². The number of rotatable bonds is 6. The predicted octanol–water partition coefficient (Wildman–Crippen LogP) is 4.26. The number of amides is 1. The minimum atomic E-state index is 0.0836. The third kappa shape index (κ3) is 3.82. The highest BCUT2D eigenvalue weighted by atomic mass is 32.1. The van der Waals surface area contributed by atoms with Crippen molar-refractivity contribution in [2.75, 3.05) is 6.54 Å². The molecular formula is C20H22N2OS. The molecule has 4 heteroatoms. The predicted molar refractivity (Wildman–Crippen MR) is 101 cm³/mol. The van der Waals surface area contributed by atoms with Gasteiger partial charge in [-0.2, -0.15) is 0 Å². The van der Waals surface area contributed by atoms with E-state index >= 15 is 0 Å². The lowest BCUT2D eigenvalue weighted by Gasteiger charge is -2.04. The quantitative estimate of drug-likeness (QED) is 0.729. The van der Waals surface area contributed by atoms with Crippen LogP contribution >= 0.6 is 11.3 Å². The van der Waals surface area contributed by atoms with E-state index < -0.39 is 0 Å². The second kappa shape index (κ2) is 7.58. The summed E-state index contributed by atoms with van der Waals surface area (Å²) >= 11 is 1.65. The molecule has 0 aliphatic carbocycles.